The molecule has 0 aromatic carbocycles. The van der Waals surface area contributed by atoms with Gasteiger partial charge in [-0.3, -0.25) is 9.59 Å². The first-order chi connectivity index (χ1) is 37.7. The lowest BCUT2D eigenvalue weighted by Crippen LogP contribution is -2.61. The minimum atomic E-state index is -1.63. The second-order valence-electron chi connectivity index (χ2n) is 20.7. The van der Waals surface area contributed by atoms with E-state index >= 15 is 0 Å². The normalized spacial score (nSPS) is 19.8. The van der Waals surface area contributed by atoms with Crippen LogP contribution < -0.4 is 5.32 Å². The van der Waals surface area contributed by atoms with E-state index in [1.165, 1.54) is 51.4 Å². The van der Waals surface area contributed by atoms with Crippen LogP contribution in [0.4, 0.5) is 0 Å². The van der Waals surface area contributed by atoms with Crippen LogP contribution in [0, 0.1) is 0 Å². The van der Waals surface area contributed by atoms with Crippen LogP contribution in [-0.4, -0.2) is 99.6 Å². The Bertz CT molecular complexity index is 1660. The lowest BCUT2D eigenvalue weighted by molar-refractivity contribution is -0.305. The number of aliphatic hydroxyl groups excluding tert-OH is 5. The number of rotatable bonds is 50. The molecule has 8 unspecified atom stereocenters. The van der Waals surface area contributed by atoms with Crippen LogP contribution in [0.5, 0.6) is 0 Å². The molecule has 0 aromatic heterocycles. The molecular formula is C66H111NO10. The van der Waals surface area contributed by atoms with Crippen molar-refractivity contribution in [1.29, 1.82) is 0 Å². The summed E-state index contributed by atoms with van der Waals surface area (Å²) < 4.78 is 17.6. The lowest BCUT2D eigenvalue weighted by atomic mass is 9.99. The van der Waals surface area contributed by atoms with E-state index in [1.54, 1.807) is 6.08 Å². The van der Waals surface area contributed by atoms with Crippen LogP contribution in [0.1, 0.15) is 233 Å². The summed E-state index contributed by atoms with van der Waals surface area (Å²) in [4.78, 5) is 26.5. The van der Waals surface area contributed by atoms with Gasteiger partial charge in [0.25, 0.3) is 0 Å². The monoisotopic (exact) mass is 1080 g/mol. The Balaban J connectivity index is 2.71. The van der Waals surface area contributed by atoms with Gasteiger partial charge in [-0.2, -0.15) is 0 Å². The summed E-state index contributed by atoms with van der Waals surface area (Å²) in [6, 6.07) is -1.05. The number of carbonyl (C=O) groups is 2. The van der Waals surface area contributed by atoms with Gasteiger partial charge in [-0.15, -0.1) is 0 Å². The second kappa shape index (κ2) is 53.0. The highest BCUT2D eigenvalue weighted by Crippen LogP contribution is 2.26. The van der Waals surface area contributed by atoms with Gasteiger partial charge in [0.15, 0.2) is 12.4 Å². The number of hydrogen-bond acceptors (Lipinski definition) is 10. The maximum absolute atomic E-state index is 13.4. The second-order valence-corrected chi connectivity index (χ2v) is 20.7. The summed E-state index contributed by atoms with van der Waals surface area (Å²) >= 11 is 0. The Hall–Kier alpha value is -3.68. The van der Waals surface area contributed by atoms with Gasteiger partial charge in [0, 0.05) is 6.42 Å². The Morgan fingerprint density at radius 2 is 0.935 bits per heavy atom. The van der Waals surface area contributed by atoms with E-state index in [0.717, 1.165) is 135 Å². The molecule has 1 aliphatic rings. The molecule has 440 valence electrons. The molecule has 0 aliphatic carbocycles. The van der Waals surface area contributed by atoms with Crippen LogP contribution in [-0.2, 0) is 23.8 Å². The highest BCUT2D eigenvalue weighted by atomic mass is 16.7. The number of allylic oxidation sites excluding steroid dienone is 17. The Labute approximate surface area is 468 Å². The zero-order chi connectivity index (χ0) is 56.1. The lowest BCUT2D eigenvalue weighted by Gasteiger charge is -2.41. The third-order valence-electron chi connectivity index (χ3n) is 13.7. The van der Waals surface area contributed by atoms with Crippen LogP contribution in [0.2, 0.25) is 0 Å². The van der Waals surface area contributed by atoms with Gasteiger partial charge in [0.2, 0.25) is 5.91 Å². The van der Waals surface area contributed by atoms with E-state index in [0.29, 0.717) is 12.8 Å². The fourth-order valence-corrected chi connectivity index (χ4v) is 8.87. The van der Waals surface area contributed by atoms with Crippen molar-refractivity contribution < 1.29 is 49.3 Å². The SMILES string of the molecule is CC/C=C\C/C=C\C/C=C\C/C=C\C/C=C\C/C=C\CCCCCC(O)C(=O)NC(COC1OC(CO)C(O)C(O)C1OC(=O)CCCCCCCCC/C=C/C/C=C/CC)C(O)/C=C/CCCCCCCCCCCC. The fourth-order valence-electron chi connectivity index (χ4n) is 8.87. The number of ether oxygens (including phenoxy) is 3. The molecule has 0 bridgehead atoms. The van der Waals surface area contributed by atoms with Gasteiger partial charge in [-0.05, 0) is 103 Å². The van der Waals surface area contributed by atoms with Crippen molar-refractivity contribution in [3.63, 3.8) is 0 Å². The molecular weight excluding hydrogens is 967 g/mol. The van der Waals surface area contributed by atoms with Crippen molar-refractivity contribution in [2.45, 2.75) is 282 Å². The molecule has 0 saturated carbocycles. The van der Waals surface area contributed by atoms with Gasteiger partial charge in [-0.1, -0.05) is 233 Å². The molecule has 1 aliphatic heterocycles. The molecule has 1 heterocycles. The summed E-state index contributed by atoms with van der Waals surface area (Å²) in [6.07, 6.45) is 61.2. The quantitative estimate of drug-likeness (QED) is 0.0195. The number of carbonyl (C=O) groups excluding carboxylic acids is 2. The van der Waals surface area contributed by atoms with Crippen molar-refractivity contribution in [2.75, 3.05) is 13.2 Å². The molecule has 1 fully saturated rings. The minimum Gasteiger partial charge on any atom is -0.454 e. The first kappa shape index (κ1) is 71.3. The number of nitrogens with one attached hydrogen (secondary N) is 1. The highest BCUT2D eigenvalue weighted by molar-refractivity contribution is 5.80. The van der Waals surface area contributed by atoms with Crippen molar-refractivity contribution in [3.05, 3.63) is 109 Å². The molecule has 1 rings (SSSR count). The molecule has 0 radical (unpaired) electrons. The fraction of sp³-hybridized carbons (Fsp3) is 0.697. The third-order valence-corrected chi connectivity index (χ3v) is 13.7. The van der Waals surface area contributed by atoms with E-state index in [4.69, 9.17) is 14.2 Å². The number of esters is 1. The molecule has 11 heteroatoms. The van der Waals surface area contributed by atoms with E-state index < -0.39 is 67.4 Å². The van der Waals surface area contributed by atoms with Crippen molar-refractivity contribution in [1.82, 2.24) is 5.32 Å². The topological polar surface area (TPSA) is 175 Å². The first-order valence-corrected chi connectivity index (χ1v) is 30.7. The minimum absolute atomic E-state index is 0.106. The van der Waals surface area contributed by atoms with Gasteiger partial charge in [-0.25, -0.2) is 0 Å². The maximum atomic E-state index is 13.4. The van der Waals surface area contributed by atoms with E-state index in [-0.39, 0.29) is 19.4 Å². The van der Waals surface area contributed by atoms with Gasteiger partial charge < -0.3 is 45.1 Å². The summed E-state index contributed by atoms with van der Waals surface area (Å²) in [5, 5.41) is 56.9. The van der Waals surface area contributed by atoms with Crippen molar-refractivity contribution >= 4 is 11.9 Å². The molecule has 11 nitrogen and oxygen atoms in total. The smallest absolute Gasteiger partial charge is 0.306 e. The summed E-state index contributed by atoms with van der Waals surface area (Å²) in [5.74, 6) is -1.24. The standard InChI is InChI=1S/C66H111NO10/c1-4-7-10-13-16-19-22-25-27-28-29-30-31-32-33-34-35-38-41-44-47-50-53-59(70)65(74)67-57(58(69)52-49-46-43-40-37-24-21-18-15-12-9-6-3)56-75-66-64(63(73)62(72)60(55-68)76-66)77-61(71)54-51-48-45-42-39-36-26-23-20-17-14-11-8-5-2/h7-8,10-11,16-17,19-20,25,27,29-30,32-33,35,38,49,52,57-60,62-64,66,68-70,72-73H,4-6,9,12-15,18,21-24,26,28,31,34,36-37,39-48,50-51,53-56H2,1-3H3,(H,67,74)/b10-7-,11-8+,19-16-,20-17+,27-25-,30-29-,33-32-,38-35-,52-49+. The van der Waals surface area contributed by atoms with Crippen LogP contribution >= 0.6 is 0 Å². The Morgan fingerprint density at radius 3 is 1.40 bits per heavy atom. The average molecular weight is 1080 g/mol. The highest BCUT2D eigenvalue weighted by Gasteiger charge is 2.47. The molecule has 1 amide bonds. The third kappa shape index (κ3) is 41.1. The van der Waals surface area contributed by atoms with Crippen molar-refractivity contribution in [2.24, 2.45) is 0 Å². The maximum Gasteiger partial charge on any atom is 0.306 e. The average Bonchev–Trinajstić information content (AvgIpc) is 3.43. The Kier molecular flexibility index (Phi) is 49.1. The van der Waals surface area contributed by atoms with Crippen LogP contribution in [0.25, 0.3) is 0 Å². The number of aliphatic hydroxyl groups is 5. The summed E-state index contributed by atoms with van der Waals surface area (Å²) in [6.45, 7) is 5.53. The zero-order valence-corrected chi connectivity index (χ0v) is 48.5. The predicted molar refractivity (Wildman–Crippen MR) is 319 cm³/mol. The molecule has 6 N–H and O–H groups in total. The van der Waals surface area contributed by atoms with Gasteiger partial charge in [0.05, 0.1) is 25.4 Å². The molecule has 1 saturated heterocycles. The molecule has 0 aromatic rings. The molecule has 0 spiro atoms. The van der Waals surface area contributed by atoms with Crippen LogP contribution in [0.3, 0.4) is 0 Å². The molecule has 8 atom stereocenters. The molecule has 77 heavy (non-hydrogen) atoms. The zero-order valence-electron chi connectivity index (χ0n) is 48.5. The van der Waals surface area contributed by atoms with Gasteiger partial charge in [0.1, 0.15) is 24.4 Å². The first-order valence-electron chi connectivity index (χ1n) is 30.7. The number of hydrogen-bond donors (Lipinski definition) is 6. The number of unbranched alkanes of at least 4 members (excludes halogenated alkanes) is 20. The van der Waals surface area contributed by atoms with Crippen molar-refractivity contribution in [3.8, 4) is 0 Å². The van der Waals surface area contributed by atoms with E-state index in [1.807, 2.05) is 6.08 Å². The largest absolute Gasteiger partial charge is 0.454 e. The predicted octanol–water partition coefficient (Wildman–Crippen LogP) is 14.5. The van der Waals surface area contributed by atoms with E-state index in [9.17, 15) is 35.1 Å². The van der Waals surface area contributed by atoms with Crippen LogP contribution in [0.15, 0.2) is 109 Å². The van der Waals surface area contributed by atoms with E-state index in [2.05, 4.69) is 123 Å². The summed E-state index contributed by atoms with van der Waals surface area (Å²) in [7, 11) is 0. The number of amides is 1. The Morgan fingerprint density at radius 1 is 0.519 bits per heavy atom. The summed E-state index contributed by atoms with van der Waals surface area (Å²) in [5.41, 5.74) is 0. The van der Waals surface area contributed by atoms with Gasteiger partial charge >= 0.3 is 5.97 Å².